The van der Waals surface area contributed by atoms with Crippen molar-refractivity contribution >= 4 is 16.2 Å². The number of rotatable bonds is 15. The Morgan fingerprint density at radius 1 is 1.00 bits per heavy atom. The van der Waals surface area contributed by atoms with Crippen LogP contribution >= 0.6 is 0 Å². The molecule has 0 spiro atoms. The van der Waals surface area contributed by atoms with Crippen LogP contribution in [0.3, 0.4) is 0 Å². The van der Waals surface area contributed by atoms with Crippen molar-refractivity contribution in [2.45, 2.75) is 79.1 Å². The molecule has 0 aromatic rings. The number of nitrogens with zero attached hydrogens (tertiary/aromatic N) is 1. The van der Waals surface area contributed by atoms with Crippen LogP contribution in [0.15, 0.2) is 0 Å². The third kappa shape index (κ3) is 15.7. The fraction of sp³-hybridized carbons (Fsp3) is 0.947. The topological polar surface area (TPSA) is 86.7 Å². The predicted octanol–water partition coefficient (Wildman–Crippen LogP) is 1.41. The summed E-state index contributed by atoms with van der Waals surface area (Å²) in [5.74, 6) is 0.0456. The standard InChI is InChI=1S/C19H39NO5S.Na/c1-5-9-11-17(7-3)15-20(13-14-26(22,23)24)19(21)25-16-18(8-4)12-10-6-2;/h17-18H,5-16H2,1-4H3,(H,22,23,24);/q;+1/p-1. The zero-order valence-electron chi connectivity index (χ0n) is 18.0. The Morgan fingerprint density at radius 2 is 1.52 bits per heavy atom. The Hall–Kier alpha value is 0.180. The second kappa shape index (κ2) is 17.1. The van der Waals surface area contributed by atoms with Crippen LogP contribution in [0.5, 0.6) is 0 Å². The second-order valence-electron chi connectivity index (χ2n) is 7.12. The van der Waals surface area contributed by atoms with Gasteiger partial charge in [-0.2, -0.15) is 0 Å². The molecule has 0 rings (SSSR count). The minimum absolute atomic E-state index is 0. The van der Waals surface area contributed by atoms with Gasteiger partial charge in [0.1, 0.15) is 0 Å². The largest absolute Gasteiger partial charge is 1.00 e. The van der Waals surface area contributed by atoms with Gasteiger partial charge >= 0.3 is 35.7 Å². The smallest absolute Gasteiger partial charge is 0.748 e. The molecule has 1 amide bonds. The van der Waals surface area contributed by atoms with Crippen LogP contribution in [0.2, 0.25) is 0 Å². The SMILES string of the molecule is CCCCC(CC)COC(=O)N(CCS(=O)(=O)[O-])CC(CC)CCCC.[Na+]. The third-order valence-electron chi connectivity index (χ3n) is 4.88. The zero-order valence-corrected chi connectivity index (χ0v) is 20.9. The molecule has 0 aromatic carbocycles. The number of carbonyl (C=O) groups is 1. The molecule has 2 atom stereocenters. The molecule has 0 bridgehead atoms. The summed E-state index contributed by atoms with van der Waals surface area (Å²) in [6.45, 7) is 9.08. The minimum atomic E-state index is -4.36. The van der Waals surface area contributed by atoms with E-state index in [2.05, 4.69) is 27.7 Å². The first kappa shape index (κ1) is 29.4. The Morgan fingerprint density at radius 3 is 1.96 bits per heavy atom. The first-order chi connectivity index (χ1) is 12.3. The van der Waals surface area contributed by atoms with Gasteiger partial charge in [-0.1, -0.05) is 66.2 Å². The number of hydrogen-bond donors (Lipinski definition) is 0. The van der Waals surface area contributed by atoms with E-state index in [1.807, 2.05) is 0 Å². The fourth-order valence-corrected chi connectivity index (χ4v) is 3.33. The molecule has 0 aliphatic carbocycles. The molecule has 0 radical (unpaired) electrons. The molecule has 156 valence electrons. The number of carbonyl (C=O) groups excluding carboxylic acids is 1. The van der Waals surface area contributed by atoms with Gasteiger partial charge in [-0.15, -0.1) is 0 Å². The van der Waals surface area contributed by atoms with Crippen LogP contribution in [0.1, 0.15) is 79.1 Å². The average Bonchev–Trinajstić information content (AvgIpc) is 2.60. The van der Waals surface area contributed by atoms with Gasteiger partial charge in [-0.3, -0.25) is 0 Å². The van der Waals surface area contributed by atoms with Crippen molar-refractivity contribution in [3.05, 3.63) is 0 Å². The van der Waals surface area contributed by atoms with E-state index in [0.29, 0.717) is 25.0 Å². The van der Waals surface area contributed by atoms with Crippen molar-refractivity contribution in [2.75, 3.05) is 25.4 Å². The molecule has 0 fully saturated rings. The number of unbranched alkanes of at least 4 members (excludes halogenated alkanes) is 2. The molecule has 0 aromatic heterocycles. The van der Waals surface area contributed by atoms with Crippen LogP contribution in [-0.2, 0) is 14.9 Å². The summed E-state index contributed by atoms with van der Waals surface area (Å²) in [7, 11) is -4.36. The molecular weight excluding hydrogens is 377 g/mol. The summed E-state index contributed by atoms with van der Waals surface area (Å²) in [6.07, 6.45) is 7.69. The maximum absolute atomic E-state index is 12.5. The van der Waals surface area contributed by atoms with E-state index in [-0.39, 0.29) is 36.1 Å². The monoisotopic (exact) mass is 415 g/mol. The van der Waals surface area contributed by atoms with Gasteiger partial charge in [0.05, 0.1) is 22.5 Å². The molecule has 0 heterocycles. The van der Waals surface area contributed by atoms with Gasteiger partial charge in [0, 0.05) is 13.1 Å². The first-order valence-electron chi connectivity index (χ1n) is 10.1. The van der Waals surface area contributed by atoms with E-state index in [4.69, 9.17) is 4.74 Å². The van der Waals surface area contributed by atoms with E-state index in [1.165, 1.54) is 4.90 Å². The van der Waals surface area contributed by atoms with Gasteiger partial charge < -0.3 is 14.2 Å². The van der Waals surface area contributed by atoms with Crippen molar-refractivity contribution in [3.8, 4) is 0 Å². The van der Waals surface area contributed by atoms with Gasteiger partial charge in [0.15, 0.2) is 0 Å². The summed E-state index contributed by atoms with van der Waals surface area (Å²) in [4.78, 5) is 13.9. The second-order valence-corrected chi connectivity index (χ2v) is 8.64. The molecule has 0 N–H and O–H groups in total. The minimum Gasteiger partial charge on any atom is -0.748 e. The summed E-state index contributed by atoms with van der Waals surface area (Å²) >= 11 is 0. The zero-order chi connectivity index (χ0) is 20.0. The molecule has 2 unspecified atom stereocenters. The Labute approximate surface area is 188 Å². The van der Waals surface area contributed by atoms with Gasteiger partial charge in [-0.25, -0.2) is 13.2 Å². The van der Waals surface area contributed by atoms with Crippen molar-refractivity contribution in [1.82, 2.24) is 4.90 Å². The number of hydrogen-bond acceptors (Lipinski definition) is 5. The molecule has 0 aliphatic rings. The quantitative estimate of drug-likeness (QED) is 0.298. The van der Waals surface area contributed by atoms with Gasteiger partial charge in [0.25, 0.3) is 0 Å². The van der Waals surface area contributed by atoms with Crippen molar-refractivity contribution in [1.29, 1.82) is 0 Å². The predicted molar refractivity (Wildman–Crippen MR) is 104 cm³/mol. The average molecular weight is 416 g/mol. The normalized spacial score (nSPS) is 13.5. The molecule has 8 heteroatoms. The molecular formula is C19H38NNaO5S. The maximum Gasteiger partial charge on any atom is 1.00 e. The van der Waals surface area contributed by atoms with Gasteiger partial charge in [-0.05, 0) is 24.7 Å². The van der Waals surface area contributed by atoms with E-state index in [1.54, 1.807) is 0 Å². The van der Waals surface area contributed by atoms with Crippen molar-refractivity contribution in [3.63, 3.8) is 0 Å². The van der Waals surface area contributed by atoms with E-state index >= 15 is 0 Å². The molecule has 0 aliphatic heterocycles. The van der Waals surface area contributed by atoms with Gasteiger partial charge in [0.2, 0.25) is 0 Å². The molecule has 0 saturated carbocycles. The molecule has 27 heavy (non-hydrogen) atoms. The van der Waals surface area contributed by atoms with Crippen LogP contribution in [-0.4, -0.2) is 49.4 Å². The van der Waals surface area contributed by atoms with Crippen LogP contribution in [0.25, 0.3) is 0 Å². The Balaban J connectivity index is 0. The summed E-state index contributed by atoms with van der Waals surface area (Å²) in [5.41, 5.74) is 0. The summed E-state index contributed by atoms with van der Waals surface area (Å²) < 4.78 is 38.4. The van der Waals surface area contributed by atoms with E-state index in [9.17, 15) is 17.8 Å². The first-order valence-corrected chi connectivity index (χ1v) is 11.7. The summed E-state index contributed by atoms with van der Waals surface area (Å²) in [6, 6.07) is 0. The van der Waals surface area contributed by atoms with Crippen LogP contribution < -0.4 is 29.6 Å². The maximum atomic E-state index is 12.5. The summed E-state index contributed by atoms with van der Waals surface area (Å²) in [5, 5.41) is 0. The Kier molecular flexibility index (Phi) is 18.6. The number of amides is 1. The van der Waals surface area contributed by atoms with E-state index in [0.717, 1.165) is 51.4 Å². The molecule has 0 saturated heterocycles. The van der Waals surface area contributed by atoms with Crippen LogP contribution in [0, 0.1) is 11.8 Å². The molecule has 6 nitrogen and oxygen atoms in total. The number of ether oxygens (including phenoxy) is 1. The third-order valence-corrected chi connectivity index (χ3v) is 5.56. The Bertz CT molecular complexity index is 473. The van der Waals surface area contributed by atoms with E-state index < -0.39 is 22.0 Å². The van der Waals surface area contributed by atoms with Crippen molar-refractivity contribution < 1.29 is 52.1 Å². The van der Waals surface area contributed by atoms with Crippen LogP contribution in [0.4, 0.5) is 4.79 Å². The van der Waals surface area contributed by atoms with Crippen molar-refractivity contribution in [2.24, 2.45) is 11.8 Å². The fourth-order valence-electron chi connectivity index (χ4n) is 2.89.